The number of hydrogen-bond acceptors (Lipinski definition) is 10. The molecule has 1 aliphatic heterocycles. The van der Waals surface area contributed by atoms with Crippen molar-refractivity contribution in [2.75, 3.05) is 12.3 Å². The maximum absolute atomic E-state index is 11.5. The highest BCUT2D eigenvalue weighted by atomic mass is 31.2. The Labute approximate surface area is 181 Å². The van der Waals surface area contributed by atoms with Crippen molar-refractivity contribution in [2.45, 2.75) is 24.5 Å². The minimum absolute atomic E-state index is 0.229. The van der Waals surface area contributed by atoms with Gasteiger partial charge in [-0.2, -0.15) is 0 Å². The van der Waals surface area contributed by atoms with Crippen molar-refractivity contribution in [3.05, 3.63) is 27.0 Å². The van der Waals surface area contributed by atoms with Gasteiger partial charge in [0.25, 0.3) is 5.56 Å². The van der Waals surface area contributed by atoms with Gasteiger partial charge in [-0.05, 0) is 0 Å². The molecule has 0 aliphatic carbocycles. The first-order valence-corrected chi connectivity index (χ1v) is 12.2. The van der Waals surface area contributed by atoms with Crippen LogP contribution in [0.2, 0.25) is 0 Å². The lowest BCUT2D eigenvalue weighted by molar-refractivity contribution is -0.0549. The van der Waals surface area contributed by atoms with Crippen LogP contribution in [0.25, 0.3) is 0 Å². The normalized spacial score (nSPS) is 22.7. The molecule has 15 N–H and O–H groups in total. The summed E-state index contributed by atoms with van der Waals surface area (Å²) in [5, 5.41) is 28.2. The van der Waals surface area contributed by atoms with Crippen LogP contribution in [0.15, 0.2) is 15.8 Å². The Morgan fingerprint density at radius 3 is 1.55 bits per heavy atom. The van der Waals surface area contributed by atoms with Gasteiger partial charge in [-0.3, -0.25) is 14.3 Å². The van der Waals surface area contributed by atoms with Crippen LogP contribution >= 0.6 is 23.5 Å². The van der Waals surface area contributed by atoms with Crippen LogP contribution < -0.4 is 17.0 Å². The van der Waals surface area contributed by atoms with Gasteiger partial charge in [-0.1, -0.05) is 0 Å². The van der Waals surface area contributed by atoms with Crippen LogP contribution in [0.1, 0.15) is 6.23 Å². The van der Waals surface area contributed by atoms with E-state index in [1.165, 1.54) is 0 Å². The zero-order chi connectivity index (χ0) is 26.9. The molecule has 1 aliphatic rings. The second-order valence-corrected chi connectivity index (χ2v) is 8.60. The third-order valence-electron chi connectivity index (χ3n) is 2.79. The second kappa shape index (κ2) is 13.5. The van der Waals surface area contributed by atoms with Crippen LogP contribution in [0.4, 0.5) is 5.69 Å². The van der Waals surface area contributed by atoms with Crippen molar-refractivity contribution >= 4 is 29.2 Å². The average Bonchev–Trinajstić information content (AvgIpc) is 2.81. The minimum Gasteiger partial charge on any atom is -0.394 e. The summed E-state index contributed by atoms with van der Waals surface area (Å²) in [6.45, 7) is -0.512. The average molecular weight is 553 g/mol. The van der Waals surface area contributed by atoms with Gasteiger partial charge in [0.15, 0.2) is 6.23 Å². The summed E-state index contributed by atoms with van der Waals surface area (Å²) in [5.41, 5.74) is 3.55. The molecule has 21 nitrogen and oxygen atoms in total. The van der Waals surface area contributed by atoms with Crippen LogP contribution in [-0.4, -0.2) is 93.8 Å². The predicted octanol–water partition coefficient (Wildman–Crippen LogP) is -6.06. The number of aromatic nitrogens is 2. The van der Waals surface area contributed by atoms with Crippen molar-refractivity contribution in [3.8, 4) is 0 Å². The van der Waals surface area contributed by atoms with Gasteiger partial charge in [-0.25, -0.2) is 18.5 Å². The van der Waals surface area contributed by atoms with E-state index in [2.05, 4.69) is 0 Å². The molecule has 196 valence electrons. The number of H-pyrrole nitrogens is 1. The highest BCUT2D eigenvalue weighted by Crippen LogP contribution is 2.28. The van der Waals surface area contributed by atoms with Crippen molar-refractivity contribution in [2.24, 2.45) is 0 Å². The lowest BCUT2D eigenvalue weighted by Gasteiger charge is -2.17. The number of phosphoric acid groups is 3. The second-order valence-electron chi connectivity index (χ2n) is 5.52. The summed E-state index contributed by atoms with van der Waals surface area (Å²) in [6, 6.07) is 0. The van der Waals surface area contributed by atoms with Crippen molar-refractivity contribution in [3.63, 3.8) is 0 Å². The van der Waals surface area contributed by atoms with E-state index in [0.29, 0.717) is 0 Å². The molecule has 0 aromatic carbocycles. The van der Waals surface area contributed by atoms with E-state index < -0.39 is 65.9 Å². The molecule has 33 heavy (non-hydrogen) atoms. The molecule has 2 rings (SSSR count). The molecule has 24 heteroatoms. The number of hydrogen-bond donors (Lipinski definition) is 14. The van der Waals surface area contributed by atoms with Crippen molar-refractivity contribution < 1.29 is 77.8 Å². The summed E-state index contributed by atoms with van der Waals surface area (Å²) in [7, 11) is -13.9. The lowest BCUT2D eigenvalue weighted by Crippen LogP contribution is -2.38. The summed E-state index contributed by atoms with van der Waals surface area (Å²) in [6.07, 6.45) is -3.96. The topological polar surface area (TPSA) is 384 Å². The Morgan fingerprint density at radius 2 is 1.24 bits per heavy atom. The fourth-order valence-corrected chi connectivity index (χ4v) is 1.80. The van der Waals surface area contributed by atoms with E-state index in [0.717, 1.165) is 10.8 Å². The molecule has 0 spiro atoms. The standard InChI is InChI=1S/C9H13N3O6.3H3O4P/c10-3-1-12(9(17)11-7(3)16)8-6(15)5(14)4(2-13)18-8;3*1-5(2,3)4/h1,4-6,8,13-15H,2,10H2,(H,11,16,17);3*(H3,1,2,3,4)/t4-,5-,6-,8-;;;/m1.../s1. The van der Waals surface area contributed by atoms with Gasteiger partial charge in [0, 0.05) is 6.20 Å². The van der Waals surface area contributed by atoms with Gasteiger partial charge < -0.3 is 69.8 Å². The first kappa shape index (κ1) is 33.8. The van der Waals surface area contributed by atoms with Gasteiger partial charge in [-0.15, -0.1) is 0 Å². The summed E-state index contributed by atoms with van der Waals surface area (Å²) >= 11 is 0. The number of ether oxygens (including phenoxy) is 1. The maximum atomic E-state index is 11.5. The lowest BCUT2D eigenvalue weighted by atomic mass is 10.1. The van der Waals surface area contributed by atoms with Gasteiger partial charge in [0.1, 0.15) is 24.0 Å². The third-order valence-corrected chi connectivity index (χ3v) is 2.79. The molecule has 0 bridgehead atoms. The number of nitrogens with zero attached hydrogens (tertiary/aromatic N) is 1. The van der Waals surface area contributed by atoms with Gasteiger partial charge in [0.2, 0.25) is 0 Å². The fourth-order valence-electron chi connectivity index (χ4n) is 1.80. The smallest absolute Gasteiger partial charge is 0.394 e. The van der Waals surface area contributed by atoms with E-state index >= 15 is 0 Å². The number of nitrogens with two attached hydrogens (primary N) is 1. The van der Waals surface area contributed by atoms with E-state index in [9.17, 15) is 19.8 Å². The monoisotopic (exact) mass is 553 g/mol. The Morgan fingerprint density at radius 1 is 0.879 bits per heavy atom. The van der Waals surface area contributed by atoms with E-state index in [1.54, 1.807) is 0 Å². The quantitative estimate of drug-likeness (QED) is 0.151. The summed E-state index contributed by atoms with van der Waals surface area (Å²) < 4.78 is 32.6. The van der Waals surface area contributed by atoms with E-state index in [1.807, 2.05) is 4.98 Å². The first-order valence-electron chi connectivity index (χ1n) is 7.54. The largest absolute Gasteiger partial charge is 0.466 e. The molecule has 0 saturated carbocycles. The first-order chi connectivity index (χ1) is 14.5. The van der Waals surface area contributed by atoms with Gasteiger partial charge in [0.05, 0.1) is 6.61 Å². The zero-order valence-corrected chi connectivity index (χ0v) is 18.5. The number of aromatic amines is 1. The number of nitrogens with one attached hydrogen (secondary N) is 1. The summed E-state index contributed by atoms with van der Waals surface area (Å²) in [5.74, 6) is 0. The van der Waals surface area contributed by atoms with Crippen LogP contribution in [-0.2, 0) is 18.4 Å². The van der Waals surface area contributed by atoms with Crippen molar-refractivity contribution in [1.82, 2.24) is 9.55 Å². The Bertz CT molecular complexity index is 918. The number of aliphatic hydroxyl groups excluding tert-OH is 3. The molecule has 4 atom stereocenters. The molecule has 2 heterocycles. The SMILES string of the molecule is Nc1cn([C@@H]2O[C@H](CO)[C@@H](O)[C@H]2O)c(=O)[nH]c1=O.O=P(O)(O)O.O=P(O)(O)O.O=P(O)(O)O. The summed E-state index contributed by atoms with van der Waals surface area (Å²) in [4.78, 5) is 89.3. The molecule has 1 aromatic heterocycles. The highest BCUT2D eigenvalue weighted by molar-refractivity contribution is 7.45. The molecule has 1 saturated heterocycles. The Hall–Kier alpha value is -1.35. The van der Waals surface area contributed by atoms with Crippen LogP contribution in [0, 0.1) is 0 Å². The molecule has 0 radical (unpaired) electrons. The molecule has 0 unspecified atom stereocenters. The fraction of sp³-hybridized carbons (Fsp3) is 0.556. The maximum Gasteiger partial charge on any atom is 0.466 e. The Kier molecular flexibility index (Phi) is 13.9. The number of nitrogen functional groups attached to an aromatic ring is 1. The molecule has 1 fully saturated rings. The minimum atomic E-state index is -4.64. The zero-order valence-electron chi connectivity index (χ0n) is 15.8. The predicted molar refractivity (Wildman–Crippen MR) is 102 cm³/mol. The van der Waals surface area contributed by atoms with Gasteiger partial charge >= 0.3 is 29.2 Å². The number of rotatable bonds is 2. The van der Waals surface area contributed by atoms with E-state index in [4.69, 9.17) is 73.3 Å². The third kappa shape index (κ3) is 18.7. The van der Waals surface area contributed by atoms with Crippen LogP contribution in [0.5, 0.6) is 0 Å². The molecule has 1 aromatic rings. The van der Waals surface area contributed by atoms with Crippen LogP contribution in [0.3, 0.4) is 0 Å². The molecular formula is C9H22N3O18P3. The molecule has 0 amide bonds. The number of anilines is 1. The molecular weight excluding hydrogens is 531 g/mol. The Balaban J connectivity index is 0. The highest BCUT2D eigenvalue weighted by Gasteiger charge is 2.43. The number of aliphatic hydroxyl groups is 3. The van der Waals surface area contributed by atoms with Crippen molar-refractivity contribution in [1.29, 1.82) is 0 Å². The van der Waals surface area contributed by atoms with E-state index in [-0.39, 0.29) is 5.69 Å².